The first-order valence-corrected chi connectivity index (χ1v) is 12.1. The molecule has 4 heterocycles. The number of piperazine rings is 1. The maximum absolute atomic E-state index is 13.3. The number of carbonyl (C=O) groups is 2. The molecule has 3 aromatic rings. The summed E-state index contributed by atoms with van der Waals surface area (Å²) >= 11 is 0. The number of amides is 1. The maximum Gasteiger partial charge on any atom is 0.263 e. The molecule has 0 spiro atoms. The minimum absolute atomic E-state index is 0.0138. The lowest BCUT2D eigenvalue weighted by Crippen LogP contribution is -2.46. The molecule has 1 aliphatic carbocycles. The van der Waals surface area contributed by atoms with Crippen molar-refractivity contribution in [2.75, 3.05) is 31.5 Å². The number of pyridine rings is 2. The number of Topliss-reactive ketones (excluding diaryl/α,β-unsaturated/α-hetero) is 1. The van der Waals surface area contributed by atoms with E-state index in [0.717, 1.165) is 38.8 Å². The van der Waals surface area contributed by atoms with Gasteiger partial charge in [0, 0.05) is 50.0 Å². The lowest BCUT2D eigenvalue weighted by Gasteiger charge is -2.27. The van der Waals surface area contributed by atoms with Gasteiger partial charge in [0.1, 0.15) is 11.5 Å². The van der Waals surface area contributed by atoms with E-state index in [9.17, 15) is 14.4 Å². The molecular weight excluding hydrogens is 446 g/mol. The van der Waals surface area contributed by atoms with Crippen molar-refractivity contribution in [3.63, 3.8) is 0 Å². The van der Waals surface area contributed by atoms with E-state index in [1.807, 2.05) is 4.90 Å². The first-order chi connectivity index (χ1) is 16.9. The van der Waals surface area contributed by atoms with Gasteiger partial charge in [-0.15, -0.1) is 0 Å². The van der Waals surface area contributed by atoms with Crippen LogP contribution in [0.1, 0.15) is 64.9 Å². The summed E-state index contributed by atoms with van der Waals surface area (Å²) in [5, 5.41) is 7.01. The molecule has 0 radical (unpaired) electrons. The van der Waals surface area contributed by atoms with E-state index in [4.69, 9.17) is 0 Å². The van der Waals surface area contributed by atoms with E-state index >= 15 is 0 Å². The highest BCUT2D eigenvalue weighted by Crippen LogP contribution is 2.32. The number of nitrogens with one attached hydrogen (secondary N) is 2. The van der Waals surface area contributed by atoms with Gasteiger partial charge in [0.15, 0.2) is 5.78 Å². The second-order valence-electron chi connectivity index (χ2n) is 9.20. The molecule has 35 heavy (non-hydrogen) atoms. The Morgan fingerprint density at radius 2 is 1.83 bits per heavy atom. The molecule has 0 aromatic carbocycles. The first kappa shape index (κ1) is 23.1. The number of aryl methyl sites for hydroxylation is 1. The maximum atomic E-state index is 13.3. The summed E-state index contributed by atoms with van der Waals surface area (Å²) in [6, 6.07) is 3.47. The number of ketones is 1. The van der Waals surface area contributed by atoms with E-state index in [2.05, 4.69) is 25.6 Å². The lowest BCUT2D eigenvalue weighted by atomic mass is 10.0. The van der Waals surface area contributed by atoms with Gasteiger partial charge in [-0.05, 0) is 44.4 Å². The molecule has 0 unspecified atom stereocenters. The van der Waals surface area contributed by atoms with Crippen LogP contribution in [0.15, 0.2) is 29.3 Å². The molecule has 1 saturated carbocycles. The molecule has 2 N–H and O–H groups in total. The summed E-state index contributed by atoms with van der Waals surface area (Å²) in [6.45, 7) is 6.13. The van der Waals surface area contributed by atoms with E-state index < -0.39 is 0 Å². The fourth-order valence-corrected chi connectivity index (χ4v) is 5.07. The third-order valence-corrected chi connectivity index (χ3v) is 6.90. The van der Waals surface area contributed by atoms with Gasteiger partial charge < -0.3 is 15.5 Å². The minimum atomic E-state index is -0.284. The molecule has 1 saturated heterocycles. The van der Waals surface area contributed by atoms with Crippen molar-refractivity contribution in [2.45, 2.75) is 45.6 Å². The lowest BCUT2D eigenvalue weighted by molar-refractivity contribution is 0.0735. The third-order valence-electron chi connectivity index (χ3n) is 6.90. The highest BCUT2D eigenvalue weighted by molar-refractivity contribution is 5.99. The summed E-state index contributed by atoms with van der Waals surface area (Å²) in [6.07, 6.45) is 7.05. The molecule has 182 valence electrons. The van der Waals surface area contributed by atoms with Crippen LogP contribution < -0.4 is 16.2 Å². The summed E-state index contributed by atoms with van der Waals surface area (Å²) in [5.74, 6) is 0.508. The van der Waals surface area contributed by atoms with Gasteiger partial charge in [-0.2, -0.15) is 4.98 Å². The van der Waals surface area contributed by atoms with E-state index in [1.54, 1.807) is 36.0 Å². The van der Waals surface area contributed by atoms with Crippen LogP contribution in [0.2, 0.25) is 0 Å². The molecule has 2 fully saturated rings. The Morgan fingerprint density at radius 3 is 2.49 bits per heavy atom. The number of rotatable bonds is 5. The summed E-state index contributed by atoms with van der Waals surface area (Å²) < 4.78 is 1.68. The van der Waals surface area contributed by atoms with Crippen molar-refractivity contribution in [3.05, 3.63) is 51.6 Å². The Hall–Kier alpha value is -3.66. The van der Waals surface area contributed by atoms with Crippen molar-refractivity contribution in [1.82, 2.24) is 29.7 Å². The normalized spacial score (nSPS) is 16.6. The Bertz CT molecular complexity index is 1340. The second-order valence-corrected chi connectivity index (χ2v) is 9.20. The molecular formula is C25H29N7O3. The second kappa shape index (κ2) is 9.53. The average molecular weight is 476 g/mol. The molecule has 0 bridgehead atoms. The quantitative estimate of drug-likeness (QED) is 0.540. The zero-order valence-electron chi connectivity index (χ0n) is 20.0. The molecule has 0 atom stereocenters. The van der Waals surface area contributed by atoms with Crippen LogP contribution in [0.4, 0.5) is 11.8 Å². The van der Waals surface area contributed by atoms with Gasteiger partial charge in [0.05, 0.1) is 11.1 Å². The molecule has 5 rings (SSSR count). The average Bonchev–Trinajstić information content (AvgIpc) is 3.39. The molecule has 10 nitrogen and oxygen atoms in total. The highest BCUT2D eigenvalue weighted by atomic mass is 16.2. The highest BCUT2D eigenvalue weighted by Gasteiger charge is 2.26. The van der Waals surface area contributed by atoms with Gasteiger partial charge >= 0.3 is 0 Å². The minimum Gasteiger partial charge on any atom is -0.336 e. The van der Waals surface area contributed by atoms with Crippen LogP contribution in [-0.4, -0.2) is 62.3 Å². The van der Waals surface area contributed by atoms with Gasteiger partial charge in [0.2, 0.25) is 5.95 Å². The third kappa shape index (κ3) is 4.41. The van der Waals surface area contributed by atoms with Crippen molar-refractivity contribution < 1.29 is 9.59 Å². The van der Waals surface area contributed by atoms with Gasteiger partial charge in [-0.3, -0.25) is 19.0 Å². The predicted octanol–water partition coefficient (Wildman–Crippen LogP) is 2.60. The Balaban J connectivity index is 1.47. The number of fused-ring (bicyclic) bond motifs is 1. The van der Waals surface area contributed by atoms with Crippen LogP contribution in [0.5, 0.6) is 0 Å². The SMILES string of the molecule is CC(=O)c1c(C)c2cnc(Nc3ccc(C(=O)N4CCNCC4)cn3)nc2n(C2CCCC2)c1=O. The Kier molecular flexibility index (Phi) is 6.29. The zero-order chi connectivity index (χ0) is 24.5. The van der Waals surface area contributed by atoms with Crippen LogP contribution in [0, 0.1) is 6.92 Å². The van der Waals surface area contributed by atoms with Crippen molar-refractivity contribution in [2.24, 2.45) is 0 Å². The number of hydrogen-bond acceptors (Lipinski definition) is 8. The number of anilines is 2. The Labute approximate surface area is 202 Å². The van der Waals surface area contributed by atoms with E-state index in [-0.39, 0.29) is 28.9 Å². The molecule has 3 aromatic heterocycles. The first-order valence-electron chi connectivity index (χ1n) is 12.1. The number of nitrogens with zero attached hydrogens (tertiary/aromatic N) is 5. The van der Waals surface area contributed by atoms with Gasteiger partial charge in [-0.25, -0.2) is 9.97 Å². The summed E-state index contributed by atoms with van der Waals surface area (Å²) in [4.78, 5) is 53.6. The van der Waals surface area contributed by atoms with Crippen LogP contribution in [0.25, 0.3) is 11.0 Å². The van der Waals surface area contributed by atoms with Crippen LogP contribution >= 0.6 is 0 Å². The van der Waals surface area contributed by atoms with Crippen LogP contribution in [-0.2, 0) is 0 Å². The van der Waals surface area contributed by atoms with Gasteiger partial charge in [-0.1, -0.05) is 12.8 Å². The van der Waals surface area contributed by atoms with Crippen LogP contribution in [0.3, 0.4) is 0 Å². The van der Waals surface area contributed by atoms with E-state index in [0.29, 0.717) is 47.0 Å². The summed E-state index contributed by atoms with van der Waals surface area (Å²) in [5.41, 5.74) is 1.58. The standard InChI is InChI=1S/C25H29N7O3/c1-15-19-14-28-25(29-20-8-7-17(13-27-20)23(34)31-11-9-26-10-12-31)30-22(19)32(18-5-3-4-6-18)24(35)21(15)16(2)33/h7-8,13-14,18,26H,3-6,9-12H2,1-2H3,(H,27,28,29,30). The van der Waals surface area contributed by atoms with Crippen molar-refractivity contribution in [1.29, 1.82) is 0 Å². The number of hydrogen-bond donors (Lipinski definition) is 2. The van der Waals surface area contributed by atoms with Gasteiger partial charge in [0.25, 0.3) is 11.5 Å². The largest absolute Gasteiger partial charge is 0.336 e. The van der Waals surface area contributed by atoms with E-state index in [1.165, 1.54) is 6.92 Å². The number of aromatic nitrogens is 4. The fourth-order valence-electron chi connectivity index (χ4n) is 5.07. The smallest absolute Gasteiger partial charge is 0.263 e. The molecule has 1 amide bonds. The predicted molar refractivity (Wildman–Crippen MR) is 132 cm³/mol. The molecule has 2 aliphatic rings. The topological polar surface area (TPSA) is 122 Å². The Morgan fingerprint density at radius 1 is 1.09 bits per heavy atom. The fraction of sp³-hybridized carbons (Fsp3) is 0.440. The number of carbonyl (C=O) groups excluding carboxylic acids is 2. The van der Waals surface area contributed by atoms with Crippen molar-refractivity contribution in [3.8, 4) is 0 Å². The van der Waals surface area contributed by atoms with Crippen molar-refractivity contribution >= 4 is 34.5 Å². The molecule has 1 aliphatic heterocycles. The zero-order valence-corrected chi connectivity index (χ0v) is 20.0. The molecule has 10 heteroatoms. The summed E-state index contributed by atoms with van der Waals surface area (Å²) in [7, 11) is 0. The monoisotopic (exact) mass is 475 g/mol.